The molecule has 22 heavy (non-hydrogen) atoms. The van der Waals surface area contributed by atoms with Crippen LogP contribution in [0, 0.1) is 6.92 Å². The molecule has 0 spiro atoms. The first-order chi connectivity index (χ1) is 10.7. The minimum atomic E-state index is 0.296. The Morgan fingerprint density at radius 3 is 2.91 bits per heavy atom. The SMILES string of the molecule is CCNC(=NCC1CCCO1)NCCc1nc(CC)c(C)s1. The van der Waals surface area contributed by atoms with Gasteiger partial charge in [-0.3, -0.25) is 4.99 Å². The molecule has 0 aromatic carbocycles. The summed E-state index contributed by atoms with van der Waals surface area (Å²) in [6.07, 6.45) is 4.54. The molecular weight excluding hydrogens is 296 g/mol. The summed E-state index contributed by atoms with van der Waals surface area (Å²) in [5.41, 5.74) is 1.24. The van der Waals surface area contributed by atoms with Crippen LogP contribution in [0.2, 0.25) is 0 Å². The number of guanidine groups is 1. The molecule has 0 amide bonds. The zero-order valence-corrected chi connectivity index (χ0v) is 14.8. The van der Waals surface area contributed by atoms with Crippen molar-refractivity contribution < 1.29 is 4.74 Å². The van der Waals surface area contributed by atoms with Crippen LogP contribution in [0.5, 0.6) is 0 Å². The number of ether oxygens (including phenoxy) is 1. The van der Waals surface area contributed by atoms with Gasteiger partial charge in [0.05, 0.1) is 23.4 Å². The third kappa shape index (κ3) is 5.25. The van der Waals surface area contributed by atoms with Crippen LogP contribution in [0.1, 0.15) is 42.3 Å². The summed E-state index contributed by atoms with van der Waals surface area (Å²) in [6, 6.07) is 0. The molecule has 1 aliphatic heterocycles. The van der Waals surface area contributed by atoms with E-state index in [1.807, 2.05) is 0 Å². The second-order valence-corrected chi connectivity index (χ2v) is 6.78. The Morgan fingerprint density at radius 2 is 2.27 bits per heavy atom. The predicted octanol–water partition coefficient (Wildman–Crippen LogP) is 2.29. The average Bonchev–Trinajstić information content (AvgIpc) is 3.14. The van der Waals surface area contributed by atoms with Crippen molar-refractivity contribution in [2.75, 3.05) is 26.2 Å². The number of nitrogens with zero attached hydrogens (tertiary/aromatic N) is 2. The Morgan fingerprint density at radius 1 is 1.41 bits per heavy atom. The van der Waals surface area contributed by atoms with Gasteiger partial charge in [-0.15, -0.1) is 11.3 Å². The second kappa shape index (κ2) is 9.10. The summed E-state index contributed by atoms with van der Waals surface area (Å²) in [7, 11) is 0. The molecule has 0 bridgehead atoms. The molecular formula is C16H28N4OS. The molecule has 2 rings (SSSR count). The van der Waals surface area contributed by atoms with E-state index >= 15 is 0 Å². The number of thiazole rings is 1. The van der Waals surface area contributed by atoms with E-state index in [1.165, 1.54) is 15.6 Å². The molecule has 124 valence electrons. The number of aromatic nitrogens is 1. The molecule has 5 nitrogen and oxygen atoms in total. The number of hydrogen-bond donors (Lipinski definition) is 2. The molecule has 1 fully saturated rings. The fraction of sp³-hybridized carbons (Fsp3) is 0.750. The molecule has 0 aliphatic carbocycles. The van der Waals surface area contributed by atoms with E-state index in [1.54, 1.807) is 11.3 Å². The summed E-state index contributed by atoms with van der Waals surface area (Å²) < 4.78 is 5.61. The van der Waals surface area contributed by atoms with Gasteiger partial charge in [0, 0.05) is 31.0 Å². The number of rotatable bonds is 7. The lowest BCUT2D eigenvalue weighted by molar-refractivity contribution is 0.117. The third-order valence-corrected chi connectivity index (χ3v) is 4.80. The zero-order chi connectivity index (χ0) is 15.8. The van der Waals surface area contributed by atoms with Gasteiger partial charge in [0.1, 0.15) is 0 Å². The summed E-state index contributed by atoms with van der Waals surface area (Å²) in [5, 5.41) is 7.88. The highest BCUT2D eigenvalue weighted by Crippen LogP contribution is 2.18. The van der Waals surface area contributed by atoms with Crippen molar-refractivity contribution in [1.29, 1.82) is 0 Å². The first-order valence-electron chi connectivity index (χ1n) is 8.31. The standard InChI is InChI=1S/C16H28N4OS/c1-4-14-12(3)22-15(20-14)8-9-18-16(17-5-2)19-11-13-7-6-10-21-13/h13H,4-11H2,1-3H3,(H2,17,18,19). The molecule has 0 radical (unpaired) electrons. The van der Waals surface area contributed by atoms with Crippen LogP contribution >= 0.6 is 11.3 Å². The molecule has 1 saturated heterocycles. The van der Waals surface area contributed by atoms with Crippen LogP contribution in [0.4, 0.5) is 0 Å². The predicted molar refractivity (Wildman–Crippen MR) is 92.9 cm³/mol. The van der Waals surface area contributed by atoms with Crippen molar-refractivity contribution in [2.24, 2.45) is 4.99 Å². The number of aryl methyl sites for hydroxylation is 2. The van der Waals surface area contributed by atoms with Crippen molar-refractivity contribution in [1.82, 2.24) is 15.6 Å². The van der Waals surface area contributed by atoms with Gasteiger partial charge in [-0.1, -0.05) is 6.92 Å². The lowest BCUT2D eigenvalue weighted by atomic mass is 10.2. The molecule has 1 atom stereocenters. The van der Waals surface area contributed by atoms with Crippen molar-refractivity contribution >= 4 is 17.3 Å². The summed E-state index contributed by atoms with van der Waals surface area (Å²) in [4.78, 5) is 10.6. The maximum Gasteiger partial charge on any atom is 0.191 e. The molecule has 2 heterocycles. The highest BCUT2D eigenvalue weighted by atomic mass is 32.1. The van der Waals surface area contributed by atoms with Gasteiger partial charge in [-0.2, -0.15) is 0 Å². The minimum absolute atomic E-state index is 0.296. The average molecular weight is 324 g/mol. The molecule has 1 aromatic rings. The van der Waals surface area contributed by atoms with E-state index in [2.05, 4.69) is 41.4 Å². The number of aliphatic imine (C=N–C) groups is 1. The molecule has 1 unspecified atom stereocenters. The van der Waals surface area contributed by atoms with E-state index in [0.29, 0.717) is 6.10 Å². The Labute approximate surface area is 137 Å². The Balaban J connectivity index is 1.78. The quantitative estimate of drug-likeness (QED) is 0.597. The normalized spacial score (nSPS) is 18.7. The van der Waals surface area contributed by atoms with Gasteiger partial charge >= 0.3 is 0 Å². The number of nitrogens with one attached hydrogen (secondary N) is 2. The fourth-order valence-corrected chi connectivity index (χ4v) is 3.55. The van der Waals surface area contributed by atoms with Gasteiger partial charge in [0.25, 0.3) is 0 Å². The Kier molecular flexibility index (Phi) is 7.12. The number of hydrogen-bond acceptors (Lipinski definition) is 4. The highest BCUT2D eigenvalue weighted by molar-refractivity contribution is 7.11. The second-order valence-electron chi connectivity index (χ2n) is 5.50. The fourth-order valence-electron chi connectivity index (χ4n) is 2.53. The lowest BCUT2D eigenvalue weighted by Crippen LogP contribution is -2.38. The van der Waals surface area contributed by atoms with E-state index in [4.69, 9.17) is 4.74 Å². The van der Waals surface area contributed by atoms with E-state index in [0.717, 1.165) is 57.9 Å². The van der Waals surface area contributed by atoms with Crippen molar-refractivity contribution in [2.45, 2.75) is 52.6 Å². The topological polar surface area (TPSA) is 58.5 Å². The van der Waals surface area contributed by atoms with E-state index in [9.17, 15) is 0 Å². The molecule has 0 saturated carbocycles. The van der Waals surface area contributed by atoms with Crippen LogP contribution in [0.25, 0.3) is 0 Å². The van der Waals surface area contributed by atoms with Crippen molar-refractivity contribution in [3.05, 3.63) is 15.6 Å². The molecule has 2 N–H and O–H groups in total. The lowest BCUT2D eigenvalue weighted by Gasteiger charge is -2.12. The van der Waals surface area contributed by atoms with Crippen LogP contribution in [-0.2, 0) is 17.6 Å². The molecule has 1 aliphatic rings. The highest BCUT2D eigenvalue weighted by Gasteiger charge is 2.14. The van der Waals surface area contributed by atoms with Gasteiger partial charge in [-0.25, -0.2) is 4.98 Å². The Bertz CT molecular complexity index is 480. The molecule has 1 aromatic heterocycles. The van der Waals surface area contributed by atoms with Gasteiger partial charge in [0.15, 0.2) is 5.96 Å². The van der Waals surface area contributed by atoms with Crippen LogP contribution in [-0.4, -0.2) is 43.3 Å². The first kappa shape index (κ1) is 17.2. The van der Waals surface area contributed by atoms with Crippen LogP contribution < -0.4 is 10.6 Å². The zero-order valence-electron chi connectivity index (χ0n) is 13.9. The summed E-state index contributed by atoms with van der Waals surface area (Å²) in [5.74, 6) is 0.877. The Hall–Kier alpha value is -1.14. The maximum atomic E-state index is 5.61. The van der Waals surface area contributed by atoms with Gasteiger partial charge < -0.3 is 15.4 Å². The van der Waals surface area contributed by atoms with E-state index < -0.39 is 0 Å². The van der Waals surface area contributed by atoms with Crippen LogP contribution in [0.15, 0.2) is 4.99 Å². The van der Waals surface area contributed by atoms with Crippen molar-refractivity contribution in [3.63, 3.8) is 0 Å². The smallest absolute Gasteiger partial charge is 0.191 e. The summed E-state index contributed by atoms with van der Waals surface area (Å²) in [6.45, 7) is 9.74. The van der Waals surface area contributed by atoms with Gasteiger partial charge in [-0.05, 0) is 33.1 Å². The minimum Gasteiger partial charge on any atom is -0.376 e. The van der Waals surface area contributed by atoms with Crippen LogP contribution in [0.3, 0.4) is 0 Å². The monoisotopic (exact) mass is 324 g/mol. The van der Waals surface area contributed by atoms with E-state index in [-0.39, 0.29) is 0 Å². The first-order valence-corrected chi connectivity index (χ1v) is 9.13. The molecule has 6 heteroatoms. The summed E-state index contributed by atoms with van der Waals surface area (Å²) >= 11 is 1.81. The van der Waals surface area contributed by atoms with Gasteiger partial charge in [0.2, 0.25) is 0 Å². The van der Waals surface area contributed by atoms with Crippen molar-refractivity contribution in [3.8, 4) is 0 Å². The third-order valence-electron chi connectivity index (χ3n) is 3.72. The maximum absolute atomic E-state index is 5.61. The largest absolute Gasteiger partial charge is 0.376 e.